The molecule has 2 amide bonds. The first-order valence-electron chi connectivity index (χ1n) is 10.9. The van der Waals surface area contributed by atoms with Gasteiger partial charge in [-0.1, -0.05) is 28.1 Å². The van der Waals surface area contributed by atoms with Gasteiger partial charge in [0.05, 0.1) is 7.11 Å². The Morgan fingerprint density at radius 1 is 1.19 bits per heavy atom. The minimum atomic E-state index is -0.0505. The first-order chi connectivity index (χ1) is 15.0. The van der Waals surface area contributed by atoms with Crippen LogP contribution in [0.3, 0.4) is 0 Å². The Bertz CT molecular complexity index is 889. The predicted octanol–water partition coefficient (Wildman–Crippen LogP) is 4.27. The van der Waals surface area contributed by atoms with E-state index in [1.54, 1.807) is 7.11 Å². The highest BCUT2D eigenvalue weighted by Gasteiger charge is 2.51. The molecule has 2 aliphatic heterocycles. The lowest BCUT2D eigenvalue weighted by atomic mass is 9.73. The van der Waals surface area contributed by atoms with Gasteiger partial charge in [0.1, 0.15) is 5.75 Å². The fraction of sp³-hybridized carbons (Fsp3) is 0.458. The number of hydrogen-bond donors (Lipinski definition) is 2. The van der Waals surface area contributed by atoms with Crippen molar-refractivity contribution in [2.24, 2.45) is 5.73 Å². The third kappa shape index (κ3) is 4.59. The Labute approximate surface area is 192 Å². The van der Waals surface area contributed by atoms with Crippen molar-refractivity contribution in [3.05, 3.63) is 58.6 Å². The van der Waals surface area contributed by atoms with Crippen LogP contribution in [0.4, 0.5) is 10.5 Å². The smallest absolute Gasteiger partial charge is 0.321 e. The summed E-state index contributed by atoms with van der Waals surface area (Å²) in [6.07, 6.45) is 2.05. The number of hydrogen-bond acceptors (Lipinski definition) is 4. The molecule has 31 heavy (non-hydrogen) atoms. The van der Waals surface area contributed by atoms with E-state index in [-0.39, 0.29) is 12.1 Å². The number of fused-ring (bicyclic) bond motifs is 1. The maximum absolute atomic E-state index is 13.1. The topological polar surface area (TPSA) is 70.8 Å². The summed E-state index contributed by atoms with van der Waals surface area (Å²) in [6.45, 7) is 4.38. The molecule has 2 aromatic carbocycles. The molecule has 166 valence electrons. The van der Waals surface area contributed by atoms with Crippen molar-refractivity contribution in [3.8, 4) is 5.75 Å². The summed E-state index contributed by atoms with van der Waals surface area (Å²) < 4.78 is 6.28. The van der Waals surface area contributed by atoms with Gasteiger partial charge < -0.3 is 20.7 Å². The molecule has 3 N–H and O–H groups in total. The highest BCUT2D eigenvalue weighted by Crippen LogP contribution is 2.43. The van der Waals surface area contributed by atoms with Crippen molar-refractivity contribution in [1.29, 1.82) is 0 Å². The van der Waals surface area contributed by atoms with E-state index in [1.807, 2.05) is 29.2 Å². The molecule has 4 atom stereocenters. The number of halogens is 1. The lowest BCUT2D eigenvalue weighted by Crippen LogP contribution is -2.71. The molecule has 2 heterocycles. The Hall–Kier alpha value is -2.09. The summed E-state index contributed by atoms with van der Waals surface area (Å²) in [4.78, 5) is 17.6. The number of ether oxygens (including phenoxy) is 1. The number of nitrogens with one attached hydrogen (secondary N) is 1. The first-order valence-corrected chi connectivity index (χ1v) is 11.7. The Balaban J connectivity index is 1.53. The second-order valence-electron chi connectivity index (χ2n) is 8.49. The second-order valence-corrected chi connectivity index (χ2v) is 9.41. The van der Waals surface area contributed by atoms with Gasteiger partial charge in [-0.05, 0) is 61.7 Å². The summed E-state index contributed by atoms with van der Waals surface area (Å²) >= 11 is 3.53. The highest BCUT2D eigenvalue weighted by atomic mass is 79.9. The van der Waals surface area contributed by atoms with E-state index in [1.165, 1.54) is 5.56 Å². The molecule has 0 saturated carbocycles. The van der Waals surface area contributed by atoms with Crippen LogP contribution in [-0.4, -0.2) is 60.7 Å². The zero-order valence-electron chi connectivity index (χ0n) is 18.1. The number of nitrogens with two attached hydrogens (primary N) is 1. The maximum Gasteiger partial charge on any atom is 0.321 e. The summed E-state index contributed by atoms with van der Waals surface area (Å²) in [5.41, 5.74) is 8.29. The van der Waals surface area contributed by atoms with Gasteiger partial charge in [0.25, 0.3) is 0 Å². The number of carbonyl (C=O) groups excluding carboxylic acids is 1. The minimum Gasteiger partial charge on any atom is -0.497 e. The lowest BCUT2D eigenvalue weighted by molar-refractivity contribution is -0.0613. The van der Waals surface area contributed by atoms with Gasteiger partial charge in [0, 0.05) is 53.8 Å². The van der Waals surface area contributed by atoms with Crippen LogP contribution in [0.15, 0.2) is 53.0 Å². The normalized spacial score (nSPS) is 26.3. The molecule has 2 aliphatic rings. The van der Waals surface area contributed by atoms with Crippen LogP contribution in [0.1, 0.15) is 31.2 Å². The van der Waals surface area contributed by atoms with Gasteiger partial charge in [-0.2, -0.15) is 0 Å². The number of benzene rings is 2. The largest absolute Gasteiger partial charge is 0.497 e. The minimum absolute atomic E-state index is 0.0505. The molecular weight excluding hydrogens is 456 g/mol. The van der Waals surface area contributed by atoms with E-state index in [4.69, 9.17) is 10.5 Å². The van der Waals surface area contributed by atoms with Gasteiger partial charge in [-0.25, -0.2) is 4.79 Å². The zero-order chi connectivity index (χ0) is 22.0. The van der Waals surface area contributed by atoms with E-state index < -0.39 is 0 Å². The molecule has 1 unspecified atom stereocenters. The molecule has 2 fully saturated rings. The summed E-state index contributed by atoms with van der Waals surface area (Å²) in [5, 5.41) is 3.05. The summed E-state index contributed by atoms with van der Waals surface area (Å²) in [7, 11) is 1.63. The zero-order valence-corrected chi connectivity index (χ0v) is 19.7. The monoisotopic (exact) mass is 486 g/mol. The third-order valence-corrected chi connectivity index (χ3v) is 7.21. The average molecular weight is 487 g/mol. The van der Waals surface area contributed by atoms with Crippen LogP contribution >= 0.6 is 15.9 Å². The third-order valence-electron chi connectivity index (χ3n) is 6.69. The van der Waals surface area contributed by atoms with E-state index in [0.29, 0.717) is 31.1 Å². The van der Waals surface area contributed by atoms with Crippen LogP contribution < -0.4 is 15.8 Å². The molecular formula is C24H31BrN4O2. The first kappa shape index (κ1) is 22.1. The van der Waals surface area contributed by atoms with Gasteiger partial charge in [-0.3, -0.25) is 4.90 Å². The molecule has 2 saturated heterocycles. The molecule has 0 spiro atoms. The van der Waals surface area contributed by atoms with Crippen LogP contribution in [0, 0.1) is 0 Å². The Kier molecular flexibility index (Phi) is 6.84. The summed E-state index contributed by atoms with van der Waals surface area (Å²) in [5.74, 6) is 1.10. The number of anilines is 1. The van der Waals surface area contributed by atoms with Crippen LogP contribution in [0.2, 0.25) is 0 Å². The van der Waals surface area contributed by atoms with Crippen LogP contribution in [0.25, 0.3) is 0 Å². The van der Waals surface area contributed by atoms with Crippen molar-refractivity contribution in [3.63, 3.8) is 0 Å². The maximum atomic E-state index is 13.1. The number of nitrogens with zero attached hydrogens (tertiary/aromatic N) is 2. The highest BCUT2D eigenvalue weighted by molar-refractivity contribution is 9.10. The average Bonchev–Trinajstić information content (AvgIpc) is 2.75. The predicted molar refractivity (Wildman–Crippen MR) is 128 cm³/mol. The van der Waals surface area contributed by atoms with Gasteiger partial charge in [0.15, 0.2) is 0 Å². The SMILES string of the molecule is COc1ccc(NC(=O)N2CCCC(C)N3[C@H](CN)[C@H](c4ccc(Br)cc4)[C@@H]3C2)cc1. The molecule has 0 radical (unpaired) electrons. The van der Waals surface area contributed by atoms with E-state index >= 15 is 0 Å². The number of amides is 2. The quantitative estimate of drug-likeness (QED) is 0.676. The van der Waals surface area contributed by atoms with Crippen molar-refractivity contribution < 1.29 is 9.53 Å². The number of carbonyl (C=O) groups is 1. The molecule has 7 heteroatoms. The van der Waals surface area contributed by atoms with Gasteiger partial charge in [-0.15, -0.1) is 0 Å². The van der Waals surface area contributed by atoms with E-state index in [0.717, 1.165) is 35.3 Å². The molecule has 0 aromatic heterocycles. The fourth-order valence-corrected chi connectivity index (χ4v) is 5.40. The van der Waals surface area contributed by atoms with Crippen LogP contribution in [-0.2, 0) is 0 Å². The Morgan fingerprint density at radius 2 is 1.90 bits per heavy atom. The molecule has 4 rings (SSSR count). The van der Waals surface area contributed by atoms with Crippen LogP contribution in [0.5, 0.6) is 5.75 Å². The van der Waals surface area contributed by atoms with Gasteiger partial charge >= 0.3 is 6.03 Å². The summed E-state index contributed by atoms with van der Waals surface area (Å²) in [6, 6.07) is 17.0. The van der Waals surface area contributed by atoms with Gasteiger partial charge in [0.2, 0.25) is 0 Å². The molecule has 2 aromatic rings. The van der Waals surface area contributed by atoms with E-state index in [2.05, 4.69) is 57.3 Å². The lowest BCUT2D eigenvalue weighted by Gasteiger charge is -2.59. The van der Waals surface area contributed by atoms with Crippen molar-refractivity contribution in [2.45, 2.75) is 43.8 Å². The van der Waals surface area contributed by atoms with Crippen molar-refractivity contribution in [2.75, 3.05) is 32.1 Å². The van der Waals surface area contributed by atoms with Crippen molar-refractivity contribution >= 4 is 27.6 Å². The number of rotatable bonds is 4. The molecule has 6 nitrogen and oxygen atoms in total. The fourth-order valence-electron chi connectivity index (χ4n) is 5.14. The molecule has 0 bridgehead atoms. The standard InChI is InChI=1S/C24H31BrN4O2/c1-16-4-3-13-28(24(30)27-19-9-11-20(31-2)12-10-19)15-22-23(21(14-26)29(16)22)17-5-7-18(25)8-6-17/h5-12,16,21-23H,3-4,13-15,26H2,1-2H3,(H,27,30)/t16?,21-,22+,23+/m1/s1. The molecule has 0 aliphatic carbocycles. The van der Waals surface area contributed by atoms with E-state index in [9.17, 15) is 4.79 Å². The number of methoxy groups -OCH3 is 1. The second kappa shape index (κ2) is 9.59. The van der Waals surface area contributed by atoms with Crippen molar-refractivity contribution in [1.82, 2.24) is 9.80 Å². The number of urea groups is 1. The Morgan fingerprint density at radius 3 is 2.55 bits per heavy atom.